The monoisotopic (exact) mass is 358 g/mol. The maximum atomic E-state index is 12.9. The molecular formula is C18H26N6O2. The van der Waals surface area contributed by atoms with Gasteiger partial charge in [-0.05, 0) is 6.54 Å². The Morgan fingerprint density at radius 3 is 3.04 bits per heavy atom. The lowest BCUT2D eigenvalue weighted by molar-refractivity contribution is -0.125. The minimum Gasteiger partial charge on any atom is -0.478 e. The average Bonchev–Trinajstić information content (AvgIpc) is 3.36. The average molecular weight is 358 g/mol. The first kappa shape index (κ1) is 17.1. The van der Waals surface area contributed by atoms with Crippen LogP contribution >= 0.6 is 0 Å². The normalized spacial score (nSPS) is 22.8. The summed E-state index contributed by atoms with van der Waals surface area (Å²) in [6.07, 6.45) is 4.79. The number of likely N-dealkylation sites (N-methyl/N-ethyl adjacent to an activating group) is 1. The second-order valence-electron chi connectivity index (χ2n) is 7.15. The maximum absolute atomic E-state index is 12.9. The van der Waals surface area contributed by atoms with Gasteiger partial charge in [0, 0.05) is 51.3 Å². The lowest BCUT2D eigenvalue weighted by Crippen LogP contribution is -2.34. The van der Waals surface area contributed by atoms with Gasteiger partial charge in [-0.15, -0.1) is 0 Å². The van der Waals surface area contributed by atoms with Gasteiger partial charge in [0.05, 0.1) is 36.8 Å². The highest BCUT2D eigenvalue weighted by atomic mass is 16.5. The van der Waals surface area contributed by atoms with Crippen LogP contribution in [0.4, 0.5) is 0 Å². The molecule has 0 spiro atoms. The highest BCUT2D eigenvalue weighted by Crippen LogP contribution is 2.31. The summed E-state index contributed by atoms with van der Waals surface area (Å²) >= 11 is 0. The molecule has 8 nitrogen and oxygen atoms in total. The largest absolute Gasteiger partial charge is 0.478 e. The summed E-state index contributed by atoms with van der Waals surface area (Å²) in [5, 5.41) is 7.58. The summed E-state index contributed by atoms with van der Waals surface area (Å²) in [4.78, 5) is 19.7. The fraction of sp³-hybridized carbons (Fsp3) is 0.611. The molecule has 1 fully saturated rings. The molecule has 2 aromatic heterocycles. The number of nitrogens with one attached hydrogen (secondary N) is 1. The first-order valence-corrected chi connectivity index (χ1v) is 9.31. The quantitative estimate of drug-likeness (QED) is 0.854. The van der Waals surface area contributed by atoms with Gasteiger partial charge in [-0.2, -0.15) is 5.10 Å². The summed E-state index contributed by atoms with van der Waals surface area (Å²) in [7, 11) is 1.96. The minimum atomic E-state index is -0.0849. The molecule has 4 rings (SSSR count). The number of fused-ring (bicyclic) bond motifs is 1. The van der Waals surface area contributed by atoms with E-state index in [2.05, 4.69) is 27.2 Å². The van der Waals surface area contributed by atoms with E-state index in [1.165, 1.54) is 0 Å². The predicted octanol–water partition coefficient (Wildman–Crippen LogP) is 0.751. The number of ether oxygens (including phenoxy) is 1. The lowest BCUT2D eigenvalue weighted by Gasteiger charge is -2.16. The number of likely N-dealkylation sites (tertiary alicyclic amines) is 1. The van der Waals surface area contributed by atoms with E-state index < -0.39 is 0 Å². The fourth-order valence-corrected chi connectivity index (χ4v) is 3.85. The van der Waals surface area contributed by atoms with Crippen LogP contribution in [0.2, 0.25) is 0 Å². The summed E-state index contributed by atoms with van der Waals surface area (Å²) in [5.74, 6) is 0.918. The first-order chi connectivity index (χ1) is 12.6. The van der Waals surface area contributed by atoms with Crippen LogP contribution in [0.15, 0.2) is 18.6 Å². The molecular weight excluding hydrogens is 332 g/mol. The number of hydrogen-bond acceptors (Lipinski definition) is 5. The summed E-state index contributed by atoms with van der Waals surface area (Å²) in [5.41, 5.74) is 1.84. The summed E-state index contributed by atoms with van der Waals surface area (Å²) < 4.78 is 9.40. The molecule has 0 radical (unpaired) electrons. The third-order valence-electron chi connectivity index (χ3n) is 5.29. The van der Waals surface area contributed by atoms with Crippen LogP contribution in [0, 0.1) is 5.92 Å². The van der Waals surface area contributed by atoms with Gasteiger partial charge in [0.25, 0.3) is 0 Å². The molecule has 8 heteroatoms. The molecule has 0 unspecified atom stereocenters. The molecule has 1 saturated heterocycles. The van der Waals surface area contributed by atoms with E-state index in [0.29, 0.717) is 6.54 Å². The van der Waals surface area contributed by atoms with Gasteiger partial charge in [-0.25, -0.2) is 9.67 Å². The van der Waals surface area contributed by atoms with Crippen LogP contribution in [0.25, 0.3) is 0 Å². The minimum absolute atomic E-state index is 0.0727. The van der Waals surface area contributed by atoms with E-state index >= 15 is 0 Å². The number of rotatable bonds is 5. The Bertz CT molecular complexity index is 759. The van der Waals surface area contributed by atoms with Crippen LogP contribution in [-0.2, 0) is 24.9 Å². The Balaban J connectivity index is 1.43. The van der Waals surface area contributed by atoms with Crippen molar-refractivity contribution in [2.24, 2.45) is 13.0 Å². The molecule has 2 aliphatic rings. The zero-order valence-electron chi connectivity index (χ0n) is 15.4. The van der Waals surface area contributed by atoms with Crippen molar-refractivity contribution in [1.82, 2.24) is 29.5 Å². The zero-order valence-corrected chi connectivity index (χ0v) is 15.4. The maximum Gasteiger partial charge on any atom is 0.225 e. The molecule has 0 aliphatic carbocycles. The number of amides is 1. The standard InChI is InChI=1S/C18H26N6O2/c1-3-23-9-14(16-11-22(2)12-20-16)15(10-23)18(25)19-8-13-7-17-24(21-13)5-4-6-26-17/h7,11-12,14-15H,3-6,8-10H2,1-2H3,(H,19,25)/t14-,15-/m1/s1. The third-order valence-corrected chi connectivity index (χ3v) is 5.29. The van der Waals surface area contributed by atoms with Gasteiger partial charge in [0.1, 0.15) is 0 Å². The van der Waals surface area contributed by atoms with Gasteiger partial charge in [0.15, 0.2) is 0 Å². The third kappa shape index (κ3) is 3.33. The molecule has 2 atom stereocenters. The highest BCUT2D eigenvalue weighted by Gasteiger charge is 2.39. The molecule has 26 heavy (non-hydrogen) atoms. The van der Waals surface area contributed by atoms with Crippen LogP contribution in [0.5, 0.6) is 5.88 Å². The molecule has 0 bridgehead atoms. The predicted molar refractivity (Wildman–Crippen MR) is 95.7 cm³/mol. The SMILES string of the molecule is CCN1C[C@@H](C(=O)NCc2cc3n(n2)CCCO3)[C@H](c2cn(C)cn2)C1. The van der Waals surface area contributed by atoms with Crippen molar-refractivity contribution in [1.29, 1.82) is 0 Å². The van der Waals surface area contributed by atoms with Gasteiger partial charge < -0.3 is 19.5 Å². The first-order valence-electron chi connectivity index (χ1n) is 9.31. The highest BCUT2D eigenvalue weighted by molar-refractivity contribution is 5.80. The molecule has 140 valence electrons. The van der Waals surface area contributed by atoms with E-state index in [4.69, 9.17) is 4.74 Å². The molecule has 2 aliphatic heterocycles. The van der Waals surface area contributed by atoms with Crippen LogP contribution < -0.4 is 10.1 Å². The molecule has 0 aromatic carbocycles. The Morgan fingerprint density at radius 1 is 1.42 bits per heavy atom. The number of nitrogens with zero attached hydrogens (tertiary/aromatic N) is 5. The van der Waals surface area contributed by atoms with E-state index in [0.717, 1.165) is 56.5 Å². The second-order valence-corrected chi connectivity index (χ2v) is 7.15. The Hall–Kier alpha value is -2.35. The van der Waals surface area contributed by atoms with Crippen molar-refractivity contribution in [3.63, 3.8) is 0 Å². The smallest absolute Gasteiger partial charge is 0.225 e. The number of aryl methyl sites for hydroxylation is 2. The van der Waals surface area contributed by atoms with E-state index in [-0.39, 0.29) is 17.7 Å². The molecule has 1 amide bonds. The Labute approximate surface area is 153 Å². The number of carbonyl (C=O) groups is 1. The second kappa shape index (κ2) is 7.11. The van der Waals surface area contributed by atoms with E-state index in [9.17, 15) is 4.79 Å². The molecule has 1 N–H and O–H groups in total. The Morgan fingerprint density at radius 2 is 2.31 bits per heavy atom. The van der Waals surface area contributed by atoms with Crippen LogP contribution in [0.1, 0.15) is 30.7 Å². The van der Waals surface area contributed by atoms with Crippen molar-refractivity contribution in [3.05, 3.63) is 30.0 Å². The molecule has 4 heterocycles. The van der Waals surface area contributed by atoms with Gasteiger partial charge in [-0.1, -0.05) is 6.92 Å². The molecule has 2 aromatic rings. The zero-order chi connectivity index (χ0) is 18.1. The van der Waals surface area contributed by atoms with Crippen molar-refractivity contribution in [3.8, 4) is 5.88 Å². The number of carbonyl (C=O) groups excluding carboxylic acids is 1. The van der Waals surface area contributed by atoms with Crippen LogP contribution in [0.3, 0.4) is 0 Å². The lowest BCUT2D eigenvalue weighted by atomic mass is 9.92. The van der Waals surface area contributed by atoms with Gasteiger partial charge in [0.2, 0.25) is 11.8 Å². The number of aromatic nitrogens is 4. The van der Waals surface area contributed by atoms with Crippen molar-refractivity contribution < 1.29 is 9.53 Å². The van der Waals surface area contributed by atoms with Crippen LogP contribution in [-0.4, -0.2) is 56.4 Å². The van der Waals surface area contributed by atoms with Gasteiger partial charge in [-0.3, -0.25) is 4.79 Å². The Kier molecular flexibility index (Phi) is 4.67. The van der Waals surface area contributed by atoms with Crippen molar-refractivity contribution in [2.45, 2.75) is 32.4 Å². The van der Waals surface area contributed by atoms with Gasteiger partial charge >= 0.3 is 0 Å². The van der Waals surface area contributed by atoms with Crippen molar-refractivity contribution >= 4 is 5.91 Å². The molecule has 0 saturated carbocycles. The fourth-order valence-electron chi connectivity index (χ4n) is 3.85. The summed E-state index contributed by atoms with van der Waals surface area (Å²) in [6, 6.07) is 1.92. The number of hydrogen-bond donors (Lipinski definition) is 1. The van der Waals surface area contributed by atoms with E-state index in [1.807, 2.05) is 28.6 Å². The van der Waals surface area contributed by atoms with Crippen molar-refractivity contribution in [2.75, 3.05) is 26.2 Å². The van der Waals surface area contributed by atoms with E-state index in [1.54, 1.807) is 6.33 Å². The topological polar surface area (TPSA) is 77.2 Å². The summed E-state index contributed by atoms with van der Waals surface area (Å²) in [6.45, 7) is 6.76. The number of imidazole rings is 1.